The molecule has 1 aromatic rings. The van der Waals surface area contributed by atoms with E-state index in [1.165, 1.54) is 6.20 Å². The van der Waals surface area contributed by atoms with Crippen molar-refractivity contribution in [3.63, 3.8) is 0 Å². The molecule has 0 aromatic carbocycles. The van der Waals surface area contributed by atoms with E-state index in [1.54, 1.807) is 18.2 Å². The van der Waals surface area contributed by atoms with Gasteiger partial charge < -0.3 is 9.84 Å². The van der Waals surface area contributed by atoms with Crippen molar-refractivity contribution in [2.45, 2.75) is 0 Å². The van der Waals surface area contributed by atoms with E-state index in [0.717, 1.165) is 0 Å². The van der Waals surface area contributed by atoms with E-state index < -0.39 is 5.97 Å². The van der Waals surface area contributed by atoms with Crippen LogP contribution in [-0.2, 0) is 4.79 Å². The molecule has 0 aliphatic heterocycles. The van der Waals surface area contributed by atoms with Crippen LogP contribution in [-0.4, -0.2) is 22.7 Å². The quantitative estimate of drug-likeness (QED) is 0.770. The summed E-state index contributed by atoms with van der Waals surface area (Å²) in [5.74, 6) is -0.675. The van der Waals surface area contributed by atoms with Crippen LogP contribution in [0, 0.1) is 0 Å². The summed E-state index contributed by atoms with van der Waals surface area (Å²) in [6, 6.07) is 5.06. The molecule has 0 atom stereocenters. The number of rotatable bonds is 3. The monoisotopic (exact) mass is 189 g/mol. The second kappa shape index (κ2) is 5.37. The van der Waals surface area contributed by atoms with Gasteiger partial charge in [0.25, 0.3) is 0 Å². The van der Waals surface area contributed by atoms with Crippen LogP contribution in [0.15, 0.2) is 24.4 Å². The fourth-order valence-electron chi connectivity index (χ4n) is 0.568. The number of aliphatic carboxylic acids is 1. The summed E-state index contributed by atoms with van der Waals surface area (Å²) in [5.41, 5.74) is 0. The normalized spacial score (nSPS) is 8.33. The zero-order valence-corrected chi connectivity index (χ0v) is 6.95. The molecule has 0 unspecified atom stereocenters. The maximum absolute atomic E-state index is 10.0. The van der Waals surface area contributed by atoms with Gasteiger partial charge in [0.05, 0.1) is 0 Å². The molecule has 5 heteroatoms. The van der Waals surface area contributed by atoms with E-state index in [2.05, 4.69) is 4.98 Å². The molecule has 4 nitrogen and oxygen atoms in total. The molecule has 0 saturated carbocycles. The van der Waals surface area contributed by atoms with Crippen LogP contribution in [0.3, 0.4) is 0 Å². The van der Waals surface area contributed by atoms with E-state index in [-0.39, 0.29) is 19.0 Å². The Hall–Kier alpha value is -1.29. The van der Waals surface area contributed by atoms with Gasteiger partial charge in [0.1, 0.15) is 0 Å². The van der Waals surface area contributed by atoms with Crippen LogP contribution in [0.25, 0.3) is 0 Å². The molecule has 0 spiro atoms. The van der Waals surface area contributed by atoms with Crippen LogP contribution in [0.4, 0.5) is 0 Å². The first-order valence-corrected chi connectivity index (χ1v) is 3.04. The lowest BCUT2D eigenvalue weighted by Crippen LogP contribution is -2.09. The molecule has 0 amide bonds. The van der Waals surface area contributed by atoms with Gasteiger partial charge >= 0.3 is 5.97 Å². The number of nitrogens with zero attached hydrogens (tertiary/aromatic N) is 1. The molecular weight excluding hydrogens is 182 g/mol. The van der Waals surface area contributed by atoms with Gasteiger partial charge in [-0.2, -0.15) is 0 Å². The van der Waals surface area contributed by atoms with Gasteiger partial charge in [0.2, 0.25) is 5.88 Å². The summed E-state index contributed by atoms with van der Waals surface area (Å²) in [6.07, 6.45) is 1.54. The first-order chi connectivity index (χ1) is 5.29. The molecule has 1 aromatic heterocycles. The molecule has 1 rings (SSSR count). The summed E-state index contributed by atoms with van der Waals surface area (Å²) >= 11 is 0. The van der Waals surface area contributed by atoms with Crippen molar-refractivity contribution < 1.29 is 14.6 Å². The molecule has 0 saturated heterocycles. The second-order valence-corrected chi connectivity index (χ2v) is 1.85. The Labute approximate surface area is 75.6 Å². The Morgan fingerprint density at radius 1 is 1.58 bits per heavy atom. The van der Waals surface area contributed by atoms with Crippen LogP contribution in [0.5, 0.6) is 5.88 Å². The number of carbonyl (C=O) groups is 1. The van der Waals surface area contributed by atoms with Crippen LogP contribution in [0.2, 0.25) is 0 Å². The number of carboxylic acid groups (broad SMARTS) is 1. The predicted molar refractivity (Wildman–Crippen MR) is 44.6 cm³/mol. The van der Waals surface area contributed by atoms with Crippen molar-refractivity contribution in [2.75, 3.05) is 6.61 Å². The number of halogens is 1. The van der Waals surface area contributed by atoms with E-state index in [1.807, 2.05) is 0 Å². The van der Waals surface area contributed by atoms with Gasteiger partial charge in [-0.15, -0.1) is 12.4 Å². The van der Waals surface area contributed by atoms with Crippen LogP contribution < -0.4 is 4.74 Å². The van der Waals surface area contributed by atoms with Crippen LogP contribution >= 0.6 is 12.4 Å². The first-order valence-electron chi connectivity index (χ1n) is 3.04. The lowest BCUT2D eigenvalue weighted by molar-refractivity contribution is -0.139. The average molecular weight is 190 g/mol. The highest BCUT2D eigenvalue weighted by molar-refractivity contribution is 5.85. The summed E-state index contributed by atoms with van der Waals surface area (Å²) in [7, 11) is 0. The molecule has 1 heterocycles. The highest BCUT2D eigenvalue weighted by Crippen LogP contribution is 2.01. The molecular formula is C7H8ClNO3. The highest BCUT2D eigenvalue weighted by atomic mass is 35.5. The van der Waals surface area contributed by atoms with Gasteiger partial charge in [0, 0.05) is 12.3 Å². The Balaban J connectivity index is 0.00000121. The number of ether oxygens (including phenoxy) is 1. The Kier molecular flexibility index (Phi) is 4.79. The first kappa shape index (κ1) is 10.7. The van der Waals surface area contributed by atoms with Crippen molar-refractivity contribution in [3.05, 3.63) is 24.4 Å². The molecule has 1 N–H and O–H groups in total. The number of hydrogen-bond acceptors (Lipinski definition) is 3. The number of hydrogen-bond donors (Lipinski definition) is 1. The standard InChI is InChI=1S/C7H7NO3.ClH/c9-7(10)5-11-6-3-1-2-4-8-6;/h1-4H,5H2,(H,9,10);1H. The maximum atomic E-state index is 10.0. The Morgan fingerprint density at radius 2 is 2.33 bits per heavy atom. The highest BCUT2D eigenvalue weighted by Gasteiger charge is 1.97. The van der Waals surface area contributed by atoms with Gasteiger partial charge in [-0.1, -0.05) is 6.07 Å². The van der Waals surface area contributed by atoms with Gasteiger partial charge in [-0.05, 0) is 6.07 Å². The number of carboxylic acids is 1. The van der Waals surface area contributed by atoms with E-state index in [0.29, 0.717) is 5.88 Å². The summed E-state index contributed by atoms with van der Waals surface area (Å²) in [4.78, 5) is 13.8. The molecule has 0 radical (unpaired) electrons. The lowest BCUT2D eigenvalue weighted by Gasteiger charge is -1.98. The van der Waals surface area contributed by atoms with Crippen LogP contribution in [0.1, 0.15) is 0 Å². The summed E-state index contributed by atoms with van der Waals surface area (Å²) < 4.78 is 4.76. The van der Waals surface area contributed by atoms with Gasteiger partial charge in [0.15, 0.2) is 6.61 Å². The summed E-state index contributed by atoms with van der Waals surface area (Å²) in [6.45, 7) is -0.350. The third kappa shape index (κ3) is 3.78. The minimum absolute atomic E-state index is 0. The van der Waals surface area contributed by atoms with Crippen molar-refractivity contribution in [2.24, 2.45) is 0 Å². The maximum Gasteiger partial charge on any atom is 0.341 e. The van der Waals surface area contributed by atoms with Gasteiger partial charge in [-0.3, -0.25) is 0 Å². The largest absolute Gasteiger partial charge is 0.479 e. The minimum atomic E-state index is -1.00. The zero-order valence-electron chi connectivity index (χ0n) is 6.14. The van der Waals surface area contributed by atoms with Crippen molar-refractivity contribution in [3.8, 4) is 5.88 Å². The third-order valence-electron chi connectivity index (χ3n) is 0.981. The van der Waals surface area contributed by atoms with E-state index in [4.69, 9.17) is 9.84 Å². The fourth-order valence-corrected chi connectivity index (χ4v) is 0.568. The van der Waals surface area contributed by atoms with Crippen molar-refractivity contribution >= 4 is 18.4 Å². The minimum Gasteiger partial charge on any atom is -0.479 e. The smallest absolute Gasteiger partial charge is 0.341 e. The van der Waals surface area contributed by atoms with E-state index in [9.17, 15) is 4.79 Å². The zero-order chi connectivity index (χ0) is 8.10. The van der Waals surface area contributed by atoms with Gasteiger partial charge in [-0.25, -0.2) is 9.78 Å². The molecule has 12 heavy (non-hydrogen) atoms. The lowest BCUT2D eigenvalue weighted by atomic mass is 10.5. The third-order valence-corrected chi connectivity index (χ3v) is 0.981. The van der Waals surface area contributed by atoms with Crippen molar-refractivity contribution in [1.29, 1.82) is 0 Å². The predicted octanol–water partition coefficient (Wildman–Crippen LogP) is 0.967. The number of aromatic nitrogens is 1. The second-order valence-electron chi connectivity index (χ2n) is 1.85. The topological polar surface area (TPSA) is 59.4 Å². The average Bonchev–Trinajstić information content (AvgIpc) is 2.03. The molecule has 0 aliphatic rings. The van der Waals surface area contributed by atoms with E-state index >= 15 is 0 Å². The Morgan fingerprint density at radius 3 is 2.83 bits per heavy atom. The molecule has 0 bridgehead atoms. The number of pyridine rings is 1. The summed E-state index contributed by atoms with van der Waals surface area (Å²) in [5, 5.41) is 8.22. The molecule has 0 aliphatic carbocycles. The van der Waals surface area contributed by atoms with Crippen molar-refractivity contribution in [1.82, 2.24) is 4.98 Å². The molecule has 66 valence electrons. The SMILES string of the molecule is Cl.O=C(O)COc1ccccn1. The molecule has 0 fully saturated rings. The fraction of sp³-hybridized carbons (Fsp3) is 0.143. The Bertz CT molecular complexity index is 240.